The molecule has 0 saturated carbocycles. The summed E-state index contributed by atoms with van der Waals surface area (Å²) in [5, 5.41) is 2.93. The number of hydrogen-bond acceptors (Lipinski definition) is 2. The molecular formula is C20H24FNO2. The van der Waals surface area contributed by atoms with Gasteiger partial charge in [0, 0.05) is 0 Å². The molecule has 2 aromatic carbocycles. The van der Waals surface area contributed by atoms with Crippen molar-refractivity contribution in [3.63, 3.8) is 0 Å². The summed E-state index contributed by atoms with van der Waals surface area (Å²) in [7, 11) is 0. The molecule has 2 atom stereocenters. The van der Waals surface area contributed by atoms with E-state index in [1.165, 1.54) is 12.1 Å². The van der Waals surface area contributed by atoms with Gasteiger partial charge in [0.05, 0.1) is 6.04 Å². The van der Waals surface area contributed by atoms with E-state index in [-0.39, 0.29) is 17.8 Å². The summed E-state index contributed by atoms with van der Waals surface area (Å²) < 4.78 is 18.9. The SMILES string of the molecule is CC[C@@H](Oc1cc(C)ccc1C)C(=O)N[C@@H](C)c1ccc(F)cc1. The van der Waals surface area contributed by atoms with E-state index >= 15 is 0 Å². The Morgan fingerprint density at radius 3 is 2.46 bits per heavy atom. The highest BCUT2D eigenvalue weighted by molar-refractivity contribution is 5.81. The van der Waals surface area contributed by atoms with Crippen LogP contribution >= 0.6 is 0 Å². The fraction of sp³-hybridized carbons (Fsp3) is 0.350. The van der Waals surface area contributed by atoms with E-state index in [4.69, 9.17) is 4.74 Å². The molecule has 0 bridgehead atoms. The molecule has 1 N–H and O–H groups in total. The van der Waals surface area contributed by atoms with Gasteiger partial charge in [-0.25, -0.2) is 4.39 Å². The average Bonchev–Trinajstić information content (AvgIpc) is 2.56. The smallest absolute Gasteiger partial charge is 0.261 e. The topological polar surface area (TPSA) is 38.3 Å². The Balaban J connectivity index is 2.05. The number of nitrogens with one attached hydrogen (secondary N) is 1. The first kappa shape index (κ1) is 18.0. The van der Waals surface area contributed by atoms with E-state index in [9.17, 15) is 9.18 Å². The van der Waals surface area contributed by atoms with Crippen molar-refractivity contribution in [3.8, 4) is 5.75 Å². The largest absolute Gasteiger partial charge is 0.480 e. The molecule has 0 aliphatic carbocycles. The molecule has 24 heavy (non-hydrogen) atoms. The molecule has 0 radical (unpaired) electrons. The molecule has 1 amide bonds. The molecule has 128 valence electrons. The third kappa shape index (κ3) is 4.57. The predicted molar refractivity (Wildman–Crippen MR) is 93.6 cm³/mol. The monoisotopic (exact) mass is 329 g/mol. The van der Waals surface area contributed by atoms with Gasteiger partial charge < -0.3 is 10.1 Å². The Morgan fingerprint density at radius 2 is 1.83 bits per heavy atom. The molecular weight excluding hydrogens is 305 g/mol. The third-order valence-electron chi connectivity index (χ3n) is 4.00. The molecule has 0 unspecified atom stereocenters. The summed E-state index contributed by atoms with van der Waals surface area (Å²) in [6.45, 7) is 7.73. The zero-order chi connectivity index (χ0) is 17.7. The Hall–Kier alpha value is -2.36. The molecule has 3 nitrogen and oxygen atoms in total. The number of carbonyl (C=O) groups excluding carboxylic acids is 1. The van der Waals surface area contributed by atoms with E-state index in [1.54, 1.807) is 12.1 Å². The molecule has 0 aliphatic heterocycles. The lowest BCUT2D eigenvalue weighted by Crippen LogP contribution is -2.39. The quantitative estimate of drug-likeness (QED) is 0.849. The van der Waals surface area contributed by atoms with Crippen LogP contribution in [0.3, 0.4) is 0 Å². The number of benzene rings is 2. The summed E-state index contributed by atoms with van der Waals surface area (Å²) in [5.74, 6) is 0.267. The van der Waals surface area contributed by atoms with Gasteiger partial charge in [0.2, 0.25) is 0 Å². The van der Waals surface area contributed by atoms with Crippen LogP contribution in [-0.2, 0) is 4.79 Å². The molecule has 0 aromatic heterocycles. The van der Waals surface area contributed by atoms with Crippen LogP contribution < -0.4 is 10.1 Å². The van der Waals surface area contributed by atoms with E-state index < -0.39 is 6.10 Å². The highest BCUT2D eigenvalue weighted by Gasteiger charge is 2.21. The lowest BCUT2D eigenvalue weighted by molar-refractivity contribution is -0.128. The third-order valence-corrected chi connectivity index (χ3v) is 4.00. The van der Waals surface area contributed by atoms with E-state index in [1.807, 2.05) is 45.9 Å². The van der Waals surface area contributed by atoms with E-state index in [2.05, 4.69) is 5.32 Å². The normalized spacial score (nSPS) is 13.2. The van der Waals surface area contributed by atoms with Gasteiger partial charge in [0.25, 0.3) is 5.91 Å². The molecule has 2 aromatic rings. The number of halogens is 1. The number of aryl methyl sites for hydroxylation is 2. The van der Waals surface area contributed by atoms with Crippen LogP contribution in [0.5, 0.6) is 5.75 Å². The minimum Gasteiger partial charge on any atom is -0.480 e. The van der Waals surface area contributed by atoms with Crippen LogP contribution in [0.4, 0.5) is 4.39 Å². The van der Waals surface area contributed by atoms with E-state index in [0.717, 1.165) is 22.4 Å². The van der Waals surface area contributed by atoms with Gasteiger partial charge in [-0.2, -0.15) is 0 Å². The van der Waals surface area contributed by atoms with Crippen LogP contribution in [-0.4, -0.2) is 12.0 Å². The number of carbonyl (C=O) groups is 1. The fourth-order valence-electron chi connectivity index (χ4n) is 2.45. The molecule has 4 heteroatoms. The first-order chi connectivity index (χ1) is 11.4. The van der Waals surface area contributed by atoms with Crippen molar-refractivity contribution in [1.29, 1.82) is 0 Å². The predicted octanol–water partition coefficient (Wildman–Crippen LogP) is 4.48. The minimum absolute atomic E-state index is 0.171. The number of ether oxygens (including phenoxy) is 1. The zero-order valence-electron chi connectivity index (χ0n) is 14.6. The Kier molecular flexibility index (Phi) is 5.96. The highest BCUT2D eigenvalue weighted by atomic mass is 19.1. The van der Waals surface area contributed by atoms with Crippen molar-refractivity contribution in [2.45, 2.75) is 46.3 Å². The van der Waals surface area contributed by atoms with Gasteiger partial charge in [-0.1, -0.05) is 31.2 Å². The Bertz CT molecular complexity index is 697. The van der Waals surface area contributed by atoms with Crippen molar-refractivity contribution >= 4 is 5.91 Å². The van der Waals surface area contributed by atoms with Crippen molar-refractivity contribution < 1.29 is 13.9 Å². The fourth-order valence-corrected chi connectivity index (χ4v) is 2.45. The van der Waals surface area contributed by atoms with Crippen LogP contribution in [0.2, 0.25) is 0 Å². The van der Waals surface area contributed by atoms with Crippen LogP contribution in [0.1, 0.15) is 43.0 Å². The lowest BCUT2D eigenvalue weighted by Gasteiger charge is -2.22. The first-order valence-corrected chi connectivity index (χ1v) is 8.20. The molecule has 0 spiro atoms. The van der Waals surface area contributed by atoms with Crippen LogP contribution in [0.25, 0.3) is 0 Å². The second-order valence-corrected chi connectivity index (χ2v) is 6.07. The van der Waals surface area contributed by atoms with Crippen molar-refractivity contribution in [2.75, 3.05) is 0 Å². The second kappa shape index (κ2) is 7.95. The van der Waals surface area contributed by atoms with Gasteiger partial charge in [-0.15, -0.1) is 0 Å². The van der Waals surface area contributed by atoms with Crippen LogP contribution in [0.15, 0.2) is 42.5 Å². The van der Waals surface area contributed by atoms with Gasteiger partial charge in [0.1, 0.15) is 11.6 Å². The molecule has 0 fully saturated rings. The molecule has 0 heterocycles. The van der Waals surface area contributed by atoms with Gasteiger partial charge >= 0.3 is 0 Å². The van der Waals surface area contributed by atoms with Crippen molar-refractivity contribution in [2.24, 2.45) is 0 Å². The Labute approximate surface area is 142 Å². The summed E-state index contributed by atoms with van der Waals surface area (Å²) in [5.41, 5.74) is 2.94. The zero-order valence-corrected chi connectivity index (χ0v) is 14.6. The average molecular weight is 329 g/mol. The van der Waals surface area contributed by atoms with Crippen molar-refractivity contribution in [1.82, 2.24) is 5.32 Å². The highest BCUT2D eigenvalue weighted by Crippen LogP contribution is 2.22. The molecule has 0 aliphatic rings. The molecule has 0 saturated heterocycles. The maximum atomic E-state index is 13.0. The number of rotatable bonds is 6. The van der Waals surface area contributed by atoms with Crippen molar-refractivity contribution in [3.05, 3.63) is 65.0 Å². The first-order valence-electron chi connectivity index (χ1n) is 8.20. The summed E-state index contributed by atoms with van der Waals surface area (Å²) in [4.78, 5) is 12.5. The van der Waals surface area contributed by atoms with Crippen LogP contribution in [0, 0.1) is 19.7 Å². The van der Waals surface area contributed by atoms with Gasteiger partial charge in [-0.3, -0.25) is 4.79 Å². The van der Waals surface area contributed by atoms with Gasteiger partial charge in [-0.05, 0) is 62.1 Å². The summed E-state index contributed by atoms with van der Waals surface area (Å²) in [6.07, 6.45) is 0.00317. The lowest BCUT2D eigenvalue weighted by atomic mass is 10.1. The number of hydrogen-bond donors (Lipinski definition) is 1. The summed E-state index contributed by atoms with van der Waals surface area (Å²) >= 11 is 0. The standard InChI is InChI=1S/C20H24FNO2/c1-5-18(24-19-12-13(2)6-7-14(19)3)20(23)22-15(4)16-8-10-17(21)11-9-16/h6-12,15,18H,5H2,1-4H3,(H,22,23)/t15-,18+/m0/s1. The number of amides is 1. The maximum absolute atomic E-state index is 13.0. The summed E-state index contributed by atoms with van der Waals surface area (Å²) in [6, 6.07) is 11.9. The second-order valence-electron chi connectivity index (χ2n) is 6.07. The van der Waals surface area contributed by atoms with E-state index in [0.29, 0.717) is 6.42 Å². The maximum Gasteiger partial charge on any atom is 0.261 e. The molecule has 2 rings (SSSR count). The van der Waals surface area contributed by atoms with Gasteiger partial charge in [0.15, 0.2) is 6.10 Å². The Morgan fingerprint density at radius 1 is 1.17 bits per heavy atom. The minimum atomic E-state index is -0.562.